The van der Waals surface area contributed by atoms with Crippen molar-refractivity contribution in [1.82, 2.24) is 5.32 Å². The highest BCUT2D eigenvalue weighted by Gasteiger charge is 2.24. The number of carbonyl (C=O) groups excluding carboxylic acids is 2. The number of hydrogen-bond acceptors (Lipinski definition) is 4. The molecule has 25 heavy (non-hydrogen) atoms. The number of allylic oxidation sites excluding steroid dienone is 1. The van der Waals surface area contributed by atoms with E-state index in [0.29, 0.717) is 4.91 Å². The molecule has 5 heteroatoms. The highest BCUT2D eigenvalue weighted by atomic mass is 32.2. The van der Waals surface area contributed by atoms with E-state index in [1.165, 1.54) is 5.56 Å². The molecule has 1 saturated heterocycles. The largest absolute Gasteiger partial charge is 0.457 e. The molecule has 1 aliphatic heterocycles. The third-order valence-electron chi connectivity index (χ3n) is 3.79. The molecule has 4 nitrogen and oxygen atoms in total. The number of nitrogens with one attached hydrogen (secondary N) is 1. The number of para-hydroxylation sites is 1. The van der Waals surface area contributed by atoms with E-state index in [1.54, 1.807) is 0 Å². The van der Waals surface area contributed by atoms with Crippen LogP contribution in [0, 0.1) is 0 Å². The fourth-order valence-electron chi connectivity index (χ4n) is 2.52. The van der Waals surface area contributed by atoms with Gasteiger partial charge in [0.05, 0.1) is 4.91 Å². The van der Waals surface area contributed by atoms with Crippen LogP contribution >= 0.6 is 11.8 Å². The molecule has 0 unspecified atom stereocenters. The van der Waals surface area contributed by atoms with Gasteiger partial charge in [-0.1, -0.05) is 36.4 Å². The van der Waals surface area contributed by atoms with Gasteiger partial charge in [-0.25, -0.2) is 0 Å². The van der Waals surface area contributed by atoms with E-state index in [9.17, 15) is 9.59 Å². The summed E-state index contributed by atoms with van der Waals surface area (Å²) in [4.78, 5) is 23.0. The van der Waals surface area contributed by atoms with Gasteiger partial charge in [0.15, 0.2) is 0 Å². The van der Waals surface area contributed by atoms with Crippen molar-refractivity contribution in [2.45, 2.75) is 25.7 Å². The van der Waals surface area contributed by atoms with Gasteiger partial charge in [0.25, 0.3) is 11.1 Å². The lowest BCUT2D eigenvalue weighted by atomic mass is 10.1. The number of imide groups is 1. The molecule has 2 aromatic carbocycles. The standard InChI is InChI=1S/C20H19NO3S/c22-19-18(25-20(23)21-19)10-6-1-3-7-15-11-13-17(14-12-15)24-16-8-4-2-5-9-16/h2,4-5,8-14H,1,3,6-7H2,(H,21,22,23). The topological polar surface area (TPSA) is 55.4 Å². The maximum Gasteiger partial charge on any atom is 0.290 e. The number of thioether (sulfide) groups is 1. The minimum atomic E-state index is -0.283. The summed E-state index contributed by atoms with van der Waals surface area (Å²) in [6.45, 7) is 0. The highest BCUT2D eigenvalue weighted by Crippen LogP contribution is 2.24. The minimum absolute atomic E-state index is 0.274. The monoisotopic (exact) mass is 353 g/mol. The van der Waals surface area contributed by atoms with Crippen molar-refractivity contribution >= 4 is 22.9 Å². The summed E-state index contributed by atoms with van der Waals surface area (Å²) < 4.78 is 5.78. The van der Waals surface area contributed by atoms with Gasteiger partial charge in [-0.05, 0) is 67.3 Å². The van der Waals surface area contributed by atoms with Crippen molar-refractivity contribution in [3.63, 3.8) is 0 Å². The minimum Gasteiger partial charge on any atom is -0.457 e. The second-order valence-corrected chi connectivity index (χ2v) is 6.73. The summed E-state index contributed by atoms with van der Waals surface area (Å²) in [7, 11) is 0. The van der Waals surface area contributed by atoms with Gasteiger partial charge in [0.2, 0.25) is 0 Å². The second-order valence-electron chi connectivity index (χ2n) is 5.72. The fraction of sp³-hybridized carbons (Fsp3) is 0.200. The first-order valence-corrected chi connectivity index (χ1v) is 9.07. The number of unbranched alkanes of at least 4 members (excludes halogenated alkanes) is 2. The summed E-state index contributed by atoms with van der Waals surface area (Å²) in [5.41, 5.74) is 1.26. The number of amides is 2. The van der Waals surface area contributed by atoms with Crippen LogP contribution in [0.2, 0.25) is 0 Å². The Morgan fingerprint density at radius 3 is 2.32 bits per heavy atom. The molecule has 3 rings (SSSR count). The van der Waals surface area contributed by atoms with Crippen molar-refractivity contribution in [3.05, 3.63) is 71.1 Å². The summed E-state index contributed by atoms with van der Waals surface area (Å²) in [5, 5.41) is 1.98. The zero-order chi connectivity index (χ0) is 17.5. The van der Waals surface area contributed by atoms with E-state index in [4.69, 9.17) is 4.74 Å². The van der Waals surface area contributed by atoms with Crippen LogP contribution in [0.25, 0.3) is 0 Å². The second kappa shape index (κ2) is 8.53. The Balaban J connectivity index is 1.41. The molecule has 1 fully saturated rings. The molecule has 0 spiro atoms. The van der Waals surface area contributed by atoms with E-state index in [1.807, 2.05) is 48.5 Å². The van der Waals surface area contributed by atoms with E-state index < -0.39 is 0 Å². The number of rotatable bonds is 7. The molecule has 2 aromatic rings. The Labute approximate surface area is 151 Å². The smallest absolute Gasteiger partial charge is 0.290 e. The lowest BCUT2D eigenvalue weighted by Crippen LogP contribution is -2.17. The molecule has 0 aliphatic carbocycles. The Kier molecular flexibility index (Phi) is 5.90. The highest BCUT2D eigenvalue weighted by molar-refractivity contribution is 8.18. The molecule has 2 amide bonds. The lowest BCUT2D eigenvalue weighted by molar-refractivity contribution is -0.115. The molecule has 0 atom stereocenters. The lowest BCUT2D eigenvalue weighted by Gasteiger charge is -2.06. The van der Waals surface area contributed by atoms with Crippen molar-refractivity contribution in [2.24, 2.45) is 0 Å². The Hall–Kier alpha value is -2.53. The first-order chi connectivity index (χ1) is 12.2. The van der Waals surface area contributed by atoms with Gasteiger partial charge in [-0.2, -0.15) is 0 Å². The Morgan fingerprint density at radius 1 is 0.920 bits per heavy atom. The average Bonchev–Trinajstić information content (AvgIpc) is 2.94. The van der Waals surface area contributed by atoms with Gasteiger partial charge >= 0.3 is 0 Å². The van der Waals surface area contributed by atoms with Crippen molar-refractivity contribution in [1.29, 1.82) is 0 Å². The van der Waals surface area contributed by atoms with Crippen LogP contribution in [0.4, 0.5) is 4.79 Å². The number of hydrogen-bond donors (Lipinski definition) is 1. The van der Waals surface area contributed by atoms with Crippen LogP contribution in [0.3, 0.4) is 0 Å². The number of ether oxygens (including phenoxy) is 1. The van der Waals surface area contributed by atoms with Crippen LogP contribution in [-0.2, 0) is 11.2 Å². The SMILES string of the molecule is O=C1NC(=O)C(=CCCCCc2ccc(Oc3ccccc3)cc2)S1. The van der Waals surface area contributed by atoms with Gasteiger partial charge in [-0.3, -0.25) is 14.9 Å². The molecule has 0 saturated carbocycles. The molecule has 0 radical (unpaired) electrons. The van der Waals surface area contributed by atoms with Crippen LogP contribution < -0.4 is 10.1 Å². The predicted molar refractivity (Wildman–Crippen MR) is 99.7 cm³/mol. The zero-order valence-corrected chi connectivity index (χ0v) is 14.6. The summed E-state index contributed by atoms with van der Waals surface area (Å²) in [5.74, 6) is 1.38. The molecule has 128 valence electrons. The first-order valence-electron chi connectivity index (χ1n) is 8.26. The molecule has 1 heterocycles. The maximum absolute atomic E-state index is 11.4. The van der Waals surface area contributed by atoms with E-state index >= 15 is 0 Å². The van der Waals surface area contributed by atoms with Gasteiger partial charge in [0, 0.05) is 0 Å². The molecule has 0 aromatic heterocycles. The summed E-state index contributed by atoms with van der Waals surface area (Å²) >= 11 is 0.978. The third kappa shape index (κ3) is 5.22. The third-order valence-corrected chi connectivity index (χ3v) is 4.65. The van der Waals surface area contributed by atoms with Gasteiger partial charge in [-0.15, -0.1) is 0 Å². The number of aryl methyl sites for hydroxylation is 1. The molecule has 1 N–H and O–H groups in total. The number of benzene rings is 2. The van der Waals surface area contributed by atoms with E-state index in [0.717, 1.165) is 48.9 Å². The molecule has 1 aliphatic rings. The van der Waals surface area contributed by atoms with E-state index in [-0.39, 0.29) is 11.1 Å². The van der Waals surface area contributed by atoms with Crippen LogP contribution in [-0.4, -0.2) is 11.1 Å². The molecular formula is C20H19NO3S. The predicted octanol–water partition coefficient (Wildman–Crippen LogP) is 5.06. The normalized spacial score (nSPS) is 15.4. The quantitative estimate of drug-likeness (QED) is 0.558. The summed E-state index contributed by atoms with van der Waals surface area (Å²) in [6, 6.07) is 17.8. The van der Waals surface area contributed by atoms with Gasteiger partial charge < -0.3 is 4.74 Å². The van der Waals surface area contributed by atoms with Crippen LogP contribution in [0.15, 0.2) is 65.6 Å². The average molecular weight is 353 g/mol. The maximum atomic E-state index is 11.4. The molecular weight excluding hydrogens is 334 g/mol. The van der Waals surface area contributed by atoms with Crippen LogP contribution in [0.5, 0.6) is 11.5 Å². The first kappa shape index (κ1) is 17.3. The van der Waals surface area contributed by atoms with Gasteiger partial charge in [0.1, 0.15) is 11.5 Å². The van der Waals surface area contributed by atoms with Crippen molar-refractivity contribution < 1.29 is 14.3 Å². The Bertz CT molecular complexity index is 769. The number of carbonyl (C=O) groups is 2. The van der Waals surface area contributed by atoms with Crippen molar-refractivity contribution in [3.8, 4) is 11.5 Å². The Morgan fingerprint density at radius 2 is 1.64 bits per heavy atom. The molecule has 0 bridgehead atoms. The fourth-order valence-corrected chi connectivity index (χ4v) is 3.20. The zero-order valence-electron chi connectivity index (χ0n) is 13.7. The van der Waals surface area contributed by atoms with E-state index in [2.05, 4.69) is 17.4 Å². The summed E-state index contributed by atoms with van der Waals surface area (Å²) in [6.07, 6.45) is 5.64. The van der Waals surface area contributed by atoms with Crippen molar-refractivity contribution in [2.75, 3.05) is 0 Å². The van der Waals surface area contributed by atoms with Crippen LogP contribution in [0.1, 0.15) is 24.8 Å².